The number of anilines is 1. The summed E-state index contributed by atoms with van der Waals surface area (Å²) in [5.41, 5.74) is 3.66. The van der Waals surface area contributed by atoms with Crippen molar-refractivity contribution in [2.75, 3.05) is 44.3 Å². The smallest absolute Gasteiger partial charge is 0.319 e. The van der Waals surface area contributed by atoms with Crippen molar-refractivity contribution < 1.29 is 23.8 Å². The number of nitrogens with zero attached hydrogens (tertiary/aromatic N) is 4. The Morgan fingerprint density at radius 2 is 1.79 bits per heavy atom. The summed E-state index contributed by atoms with van der Waals surface area (Å²) in [7, 11) is 0. The van der Waals surface area contributed by atoms with Gasteiger partial charge in [0.2, 0.25) is 0 Å². The first kappa shape index (κ1) is 27.0. The van der Waals surface area contributed by atoms with Crippen molar-refractivity contribution in [2.24, 2.45) is 0 Å². The molecule has 9 nitrogen and oxygen atoms in total. The minimum atomic E-state index is -0.618. The summed E-state index contributed by atoms with van der Waals surface area (Å²) in [6, 6.07) is 15.5. The zero-order valence-corrected chi connectivity index (χ0v) is 24.7. The van der Waals surface area contributed by atoms with Crippen molar-refractivity contribution in [1.29, 1.82) is 0 Å². The van der Waals surface area contributed by atoms with Crippen LogP contribution in [0.3, 0.4) is 0 Å². The molecule has 0 unspecified atom stereocenters. The lowest BCUT2D eigenvalue weighted by molar-refractivity contribution is -0.141. The number of fused-ring (bicyclic) bond motifs is 4. The molecule has 0 N–H and O–H groups in total. The van der Waals surface area contributed by atoms with Crippen LogP contribution in [0.15, 0.2) is 48.5 Å². The van der Waals surface area contributed by atoms with Gasteiger partial charge in [0.25, 0.3) is 5.91 Å². The molecule has 0 bridgehead atoms. The van der Waals surface area contributed by atoms with E-state index in [2.05, 4.69) is 17.9 Å². The number of aromatic nitrogens is 2. The lowest BCUT2D eigenvalue weighted by Gasteiger charge is -2.35. The molecule has 1 atom stereocenters. The summed E-state index contributed by atoms with van der Waals surface area (Å²) < 4.78 is 17.6. The summed E-state index contributed by atoms with van der Waals surface area (Å²) in [4.78, 5) is 42.1. The van der Waals surface area contributed by atoms with Gasteiger partial charge in [0.1, 0.15) is 23.4 Å². The van der Waals surface area contributed by atoms with E-state index in [9.17, 15) is 9.59 Å². The third-order valence-corrected chi connectivity index (χ3v) is 9.23. The summed E-state index contributed by atoms with van der Waals surface area (Å²) in [6.45, 7) is 9.06. The average Bonchev–Trinajstić information content (AvgIpc) is 3.68. The molecule has 42 heavy (non-hydrogen) atoms. The average molecular weight is 585 g/mol. The fourth-order valence-corrected chi connectivity index (χ4v) is 6.85. The Kier molecular flexibility index (Phi) is 6.72. The van der Waals surface area contributed by atoms with Crippen LogP contribution >= 0.6 is 11.3 Å². The number of carbonyl (C=O) groups excluding carboxylic acids is 2. The highest BCUT2D eigenvalue weighted by Gasteiger charge is 2.34. The lowest BCUT2D eigenvalue weighted by atomic mass is 10.0. The monoisotopic (exact) mass is 584 g/mol. The number of aryl methyl sites for hydroxylation is 1. The number of ketones is 1. The molecular weight excluding hydrogens is 552 g/mol. The molecule has 7 rings (SSSR count). The van der Waals surface area contributed by atoms with Gasteiger partial charge in [-0.05, 0) is 55.7 Å². The summed E-state index contributed by atoms with van der Waals surface area (Å²) in [5.74, 6) is 0.193. The van der Waals surface area contributed by atoms with Crippen LogP contribution < -0.4 is 9.64 Å². The van der Waals surface area contributed by atoms with E-state index < -0.39 is 5.79 Å². The number of carbonyl (C=O) groups is 2. The van der Waals surface area contributed by atoms with E-state index >= 15 is 0 Å². The number of thiophene rings is 1. The van der Waals surface area contributed by atoms with Gasteiger partial charge in [-0.15, -0.1) is 11.3 Å². The van der Waals surface area contributed by atoms with E-state index in [1.807, 2.05) is 49.1 Å². The Labute approximate surface area is 248 Å². The molecule has 0 saturated carbocycles. The maximum atomic E-state index is 13.6. The highest BCUT2D eigenvalue weighted by atomic mass is 32.1. The zero-order chi connectivity index (χ0) is 29.0. The van der Waals surface area contributed by atoms with E-state index in [1.54, 1.807) is 23.5 Å². The first-order valence-corrected chi connectivity index (χ1v) is 15.2. The van der Waals surface area contributed by atoms with Gasteiger partial charge in [0.05, 0.1) is 12.0 Å². The molecule has 2 fully saturated rings. The second kappa shape index (κ2) is 10.4. The van der Waals surface area contributed by atoms with Crippen molar-refractivity contribution in [3.05, 3.63) is 70.1 Å². The Morgan fingerprint density at radius 1 is 1.02 bits per heavy atom. The van der Waals surface area contributed by atoms with Crippen molar-refractivity contribution in [2.45, 2.75) is 39.1 Å². The van der Waals surface area contributed by atoms with E-state index in [1.165, 1.54) is 4.88 Å². The third-order valence-electron chi connectivity index (χ3n) is 8.06. The van der Waals surface area contributed by atoms with E-state index in [0.717, 1.165) is 33.6 Å². The minimum Gasteiger partial charge on any atom is -0.461 e. The first-order valence-electron chi connectivity index (χ1n) is 14.4. The summed E-state index contributed by atoms with van der Waals surface area (Å²) >= 11 is 1.65. The highest BCUT2D eigenvalue weighted by Crippen LogP contribution is 2.37. The number of amides is 1. The molecule has 3 aliphatic rings. The predicted octanol–water partition coefficient (Wildman–Crippen LogP) is 4.96. The molecule has 1 amide bonds. The van der Waals surface area contributed by atoms with Gasteiger partial charge in [0.15, 0.2) is 11.6 Å². The molecule has 0 radical (unpaired) electrons. The normalized spacial score (nSPS) is 19.3. The standard InChI is InChI=1S/C32H32N4O5S/c1-4-21-16-26-28(33-31(34-29(26)42-21)39-17-20-18-40-32(2,3)41-20)35-11-13-36(14-12-35)30(38)19-9-10-24-25(15-19)22-7-5-6-8-23(22)27(24)37/h5-10,15-16,20H,4,11-14,17-18H2,1-3H3/t20-/m0/s1. The van der Waals surface area contributed by atoms with Gasteiger partial charge in [-0.3, -0.25) is 9.59 Å². The molecule has 0 spiro atoms. The number of hydrogen-bond donors (Lipinski definition) is 0. The molecule has 216 valence electrons. The van der Waals surface area contributed by atoms with Crippen molar-refractivity contribution in [3.8, 4) is 17.1 Å². The molecule has 2 aliphatic heterocycles. The Bertz CT molecular complexity index is 1710. The third kappa shape index (κ3) is 4.83. The minimum absolute atomic E-state index is 0.0142. The maximum absolute atomic E-state index is 13.6. The molecule has 4 aromatic rings. The maximum Gasteiger partial charge on any atom is 0.319 e. The van der Waals surface area contributed by atoms with Gasteiger partial charge in [-0.1, -0.05) is 31.2 Å². The molecule has 10 heteroatoms. The highest BCUT2D eigenvalue weighted by molar-refractivity contribution is 7.18. The molecule has 2 aromatic carbocycles. The van der Waals surface area contributed by atoms with Gasteiger partial charge in [0, 0.05) is 47.7 Å². The molecule has 1 aliphatic carbocycles. The second-order valence-corrected chi connectivity index (χ2v) is 12.4. The summed E-state index contributed by atoms with van der Waals surface area (Å²) in [6.07, 6.45) is 0.732. The van der Waals surface area contributed by atoms with Crippen LogP contribution in [-0.2, 0) is 15.9 Å². The molecule has 2 saturated heterocycles. The van der Waals surface area contributed by atoms with Crippen LogP contribution in [-0.4, -0.2) is 77.8 Å². The van der Waals surface area contributed by atoms with Gasteiger partial charge >= 0.3 is 6.01 Å². The first-order chi connectivity index (χ1) is 20.3. The second-order valence-electron chi connectivity index (χ2n) is 11.3. The molecule has 4 heterocycles. The van der Waals surface area contributed by atoms with Crippen LogP contribution in [0, 0.1) is 0 Å². The van der Waals surface area contributed by atoms with Gasteiger partial charge in [-0.2, -0.15) is 9.97 Å². The Hall–Kier alpha value is -3.86. The van der Waals surface area contributed by atoms with E-state index in [-0.39, 0.29) is 17.8 Å². The lowest BCUT2D eigenvalue weighted by Crippen LogP contribution is -2.49. The fraction of sp³-hybridized carbons (Fsp3) is 0.375. The van der Waals surface area contributed by atoms with Crippen molar-refractivity contribution in [1.82, 2.24) is 14.9 Å². The largest absolute Gasteiger partial charge is 0.461 e. The fourth-order valence-electron chi connectivity index (χ4n) is 5.89. The van der Waals surface area contributed by atoms with Gasteiger partial charge < -0.3 is 24.0 Å². The summed E-state index contributed by atoms with van der Waals surface area (Å²) in [5, 5.41) is 1.01. The number of rotatable bonds is 6. The Morgan fingerprint density at radius 3 is 2.52 bits per heavy atom. The number of piperazine rings is 1. The molecule has 2 aromatic heterocycles. The number of ether oxygens (including phenoxy) is 3. The van der Waals surface area contributed by atoms with Crippen LogP contribution in [0.4, 0.5) is 5.82 Å². The zero-order valence-electron chi connectivity index (χ0n) is 23.9. The van der Waals surface area contributed by atoms with Crippen molar-refractivity contribution in [3.63, 3.8) is 0 Å². The quantitative estimate of drug-likeness (QED) is 0.277. The van der Waals surface area contributed by atoms with E-state index in [0.29, 0.717) is 62.1 Å². The van der Waals surface area contributed by atoms with Gasteiger partial charge in [-0.25, -0.2) is 0 Å². The topological polar surface area (TPSA) is 94.1 Å². The van der Waals surface area contributed by atoms with Crippen LogP contribution in [0.25, 0.3) is 21.3 Å². The van der Waals surface area contributed by atoms with Crippen molar-refractivity contribution >= 4 is 39.1 Å². The van der Waals surface area contributed by atoms with E-state index in [4.69, 9.17) is 24.2 Å². The van der Waals surface area contributed by atoms with Crippen LogP contribution in [0.1, 0.15) is 51.9 Å². The molecular formula is C32H32N4O5S. The number of benzene rings is 2. The SMILES string of the molecule is CCc1cc2c(N3CCN(C(=O)c4ccc5c(c4)-c4ccccc4C5=O)CC3)nc(OC[C@H]3COC(C)(C)O3)nc2s1. The van der Waals surface area contributed by atoms with Crippen LogP contribution in [0.2, 0.25) is 0 Å². The predicted molar refractivity (Wildman–Crippen MR) is 161 cm³/mol. The Balaban J connectivity index is 1.08. The van der Waals surface area contributed by atoms with Crippen LogP contribution in [0.5, 0.6) is 6.01 Å². The number of hydrogen-bond acceptors (Lipinski definition) is 9.